The lowest BCUT2D eigenvalue weighted by atomic mass is 9.75. The first-order chi connectivity index (χ1) is 14.3. The summed E-state index contributed by atoms with van der Waals surface area (Å²) in [5.41, 5.74) is 3.98. The van der Waals surface area contributed by atoms with E-state index in [4.69, 9.17) is 9.84 Å². The van der Waals surface area contributed by atoms with Gasteiger partial charge in [-0.2, -0.15) is 5.10 Å². The Kier molecular flexibility index (Phi) is 4.34. The molecule has 1 saturated heterocycles. The third-order valence-electron chi connectivity index (χ3n) is 6.38. The maximum Gasteiger partial charge on any atom is 0.410 e. The van der Waals surface area contributed by atoms with Crippen LogP contribution in [0.3, 0.4) is 0 Å². The smallest absolute Gasteiger partial charge is 0.410 e. The largest absolute Gasteiger partial charge is 0.444 e. The third-order valence-corrected chi connectivity index (χ3v) is 6.38. The van der Waals surface area contributed by atoms with E-state index in [2.05, 4.69) is 27.9 Å². The molecule has 0 radical (unpaired) electrons. The molecule has 1 amide bonds. The van der Waals surface area contributed by atoms with E-state index in [1.807, 2.05) is 50.1 Å². The number of amides is 1. The van der Waals surface area contributed by atoms with Crippen LogP contribution in [0.5, 0.6) is 0 Å². The number of carbonyl (C=O) groups excluding carboxylic acids is 1. The lowest BCUT2D eigenvalue weighted by Crippen LogP contribution is -2.46. The van der Waals surface area contributed by atoms with E-state index in [-0.39, 0.29) is 11.5 Å². The molecule has 0 bridgehead atoms. The minimum absolute atomic E-state index is 0.105. The number of para-hydroxylation sites is 1. The van der Waals surface area contributed by atoms with Gasteiger partial charge in [0.25, 0.3) is 0 Å². The summed E-state index contributed by atoms with van der Waals surface area (Å²) in [7, 11) is 0. The highest BCUT2D eigenvalue weighted by molar-refractivity contribution is 5.82. The summed E-state index contributed by atoms with van der Waals surface area (Å²) >= 11 is 0. The summed E-state index contributed by atoms with van der Waals surface area (Å²) in [6.45, 7) is 8.13. The van der Waals surface area contributed by atoms with Crippen molar-refractivity contribution in [3.63, 3.8) is 0 Å². The fourth-order valence-corrected chi connectivity index (χ4v) is 4.76. The van der Waals surface area contributed by atoms with Gasteiger partial charge in [-0.1, -0.05) is 18.2 Å². The van der Waals surface area contributed by atoms with Gasteiger partial charge in [-0.25, -0.2) is 4.79 Å². The summed E-state index contributed by atoms with van der Waals surface area (Å²) in [4.78, 5) is 18.9. The lowest BCUT2D eigenvalue weighted by Gasteiger charge is -2.39. The molecule has 0 N–H and O–H groups in total. The molecule has 3 aromatic rings. The van der Waals surface area contributed by atoms with E-state index in [1.165, 1.54) is 5.69 Å². The highest BCUT2D eigenvalue weighted by Gasteiger charge is 2.44. The van der Waals surface area contributed by atoms with Crippen LogP contribution in [0.25, 0.3) is 22.2 Å². The first kappa shape index (κ1) is 19.1. The zero-order chi connectivity index (χ0) is 20.9. The zero-order valence-corrected chi connectivity index (χ0v) is 17.9. The van der Waals surface area contributed by atoms with Crippen LogP contribution >= 0.6 is 0 Å². The predicted molar refractivity (Wildman–Crippen MR) is 116 cm³/mol. The minimum atomic E-state index is -0.457. The molecule has 1 spiro atoms. The summed E-state index contributed by atoms with van der Waals surface area (Å²) in [5.74, 6) is 0. The van der Waals surface area contributed by atoms with Gasteiger partial charge in [-0.15, -0.1) is 0 Å². The molecule has 1 aromatic carbocycles. The first-order valence-corrected chi connectivity index (χ1v) is 10.7. The Balaban J connectivity index is 1.36. The van der Waals surface area contributed by atoms with Crippen LogP contribution in [0.15, 0.2) is 42.6 Å². The normalized spacial score (nSPS) is 18.0. The van der Waals surface area contributed by atoms with E-state index in [0.717, 1.165) is 61.1 Å². The summed E-state index contributed by atoms with van der Waals surface area (Å²) in [6, 6.07) is 12.6. The van der Waals surface area contributed by atoms with Gasteiger partial charge in [0.1, 0.15) is 5.60 Å². The van der Waals surface area contributed by atoms with Crippen LogP contribution < -0.4 is 0 Å². The Labute approximate surface area is 176 Å². The fourth-order valence-electron chi connectivity index (χ4n) is 4.76. The molecule has 2 aliphatic heterocycles. The van der Waals surface area contributed by atoms with Gasteiger partial charge in [0, 0.05) is 47.9 Å². The number of fused-ring (bicyclic) bond motifs is 3. The molecule has 0 unspecified atom stereocenters. The number of carbonyl (C=O) groups is 1. The second-order valence-corrected chi connectivity index (χ2v) is 9.55. The molecule has 2 aromatic heterocycles. The van der Waals surface area contributed by atoms with Crippen LogP contribution in [0.4, 0.5) is 4.79 Å². The van der Waals surface area contributed by atoms with Gasteiger partial charge >= 0.3 is 6.09 Å². The number of nitrogens with zero attached hydrogens (tertiary/aromatic N) is 4. The van der Waals surface area contributed by atoms with Gasteiger partial charge in [0.2, 0.25) is 0 Å². The van der Waals surface area contributed by atoms with E-state index in [0.29, 0.717) is 0 Å². The number of benzene rings is 1. The number of hydrogen-bond donors (Lipinski definition) is 0. The Morgan fingerprint density at radius 3 is 2.57 bits per heavy atom. The van der Waals surface area contributed by atoms with Gasteiger partial charge in [-0.3, -0.25) is 9.67 Å². The van der Waals surface area contributed by atoms with Crippen molar-refractivity contribution in [3.8, 4) is 11.3 Å². The number of aromatic nitrogens is 3. The monoisotopic (exact) mass is 404 g/mol. The third kappa shape index (κ3) is 3.34. The van der Waals surface area contributed by atoms with Gasteiger partial charge in [-0.05, 0) is 58.2 Å². The zero-order valence-electron chi connectivity index (χ0n) is 17.9. The molecule has 6 nitrogen and oxygen atoms in total. The average molecular weight is 405 g/mol. The maximum absolute atomic E-state index is 12.4. The number of likely N-dealkylation sites (tertiary alicyclic amines) is 1. The predicted octanol–water partition coefficient (Wildman–Crippen LogP) is 4.77. The molecular formula is C24H28N4O2. The van der Waals surface area contributed by atoms with Crippen LogP contribution in [0, 0.1) is 0 Å². The molecule has 30 heavy (non-hydrogen) atoms. The Morgan fingerprint density at radius 1 is 1.07 bits per heavy atom. The molecule has 5 rings (SSSR count). The molecule has 0 saturated carbocycles. The van der Waals surface area contributed by atoms with Gasteiger partial charge in [0.15, 0.2) is 0 Å². The molecule has 4 heterocycles. The van der Waals surface area contributed by atoms with E-state index < -0.39 is 5.60 Å². The van der Waals surface area contributed by atoms with Crippen LogP contribution in [0.2, 0.25) is 0 Å². The van der Waals surface area contributed by atoms with Gasteiger partial charge < -0.3 is 9.64 Å². The number of pyridine rings is 1. The Morgan fingerprint density at radius 2 is 1.80 bits per heavy atom. The molecule has 2 aliphatic rings. The van der Waals surface area contributed by atoms with Crippen molar-refractivity contribution in [2.45, 2.75) is 57.6 Å². The SMILES string of the molecule is CC(C)(C)OC(=O)N1CCC2(CC1)CCn1nc(-c3cnc4ccccc4c3)cc12. The molecular weight excluding hydrogens is 376 g/mol. The molecule has 0 aliphatic carbocycles. The van der Waals surface area contributed by atoms with E-state index >= 15 is 0 Å². The molecule has 156 valence electrons. The van der Waals surface area contributed by atoms with Crippen molar-refractivity contribution in [1.29, 1.82) is 0 Å². The maximum atomic E-state index is 12.4. The summed E-state index contributed by atoms with van der Waals surface area (Å²) in [6.07, 6.45) is 4.71. The standard InChI is InChI=1S/C24H28N4O2/c1-23(2,3)30-22(29)27-11-8-24(9-12-27)10-13-28-21(24)15-20(26-28)18-14-17-6-4-5-7-19(17)25-16-18/h4-7,14-16H,8-13H2,1-3H3. The van der Waals surface area contributed by atoms with E-state index in [1.54, 1.807) is 0 Å². The minimum Gasteiger partial charge on any atom is -0.444 e. The van der Waals surface area contributed by atoms with Crippen molar-refractivity contribution >= 4 is 17.0 Å². The highest BCUT2D eigenvalue weighted by Crippen LogP contribution is 2.44. The first-order valence-electron chi connectivity index (χ1n) is 10.7. The number of rotatable bonds is 1. The lowest BCUT2D eigenvalue weighted by molar-refractivity contribution is 0.0164. The molecule has 1 fully saturated rings. The topological polar surface area (TPSA) is 60.2 Å². The summed E-state index contributed by atoms with van der Waals surface area (Å²) in [5, 5.41) is 6.02. The number of ether oxygens (including phenoxy) is 1. The number of aryl methyl sites for hydroxylation is 1. The fraction of sp³-hybridized carbons (Fsp3) is 0.458. The second-order valence-electron chi connectivity index (χ2n) is 9.55. The summed E-state index contributed by atoms with van der Waals surface area (Å²) < 4.78 is 7.72. The van der Waals surface area contributed by atoms with Crippen molar-refractivity contribution in [1.82, 2.24) is 19.7 Å². The van der Waals surface area contributed by atoms with Crippen LogP contribution in [-0.4, -0.2) is 44.4 Å². The van der Waals surface area contributed by atoms with Crippen LogP contribution in [0.1, 0.15) is 45.7 Å². The number of hydrogen-bond acceptors (Lipinski definition) is 4. The Hall–Kier alpha value is -2.89. The van der Waals surface area contributed by atoms with Crippen LogP contribution in [-0.2, 0) is 16.7 Å². The number of piperidine rings is 1. The molecule has 6 heteroatoms. The average Bonchev–Trinajstić information content (AvgIpc) is 3.28. The second kappa shape index (κ2) is 6.83. The van der Waals surface area contributed by atoms with Crippen molar-refractivity contribution in [2.24, 2.45) is 0 Å². The van der Waals surface area contributed by atoms with Crippen molar-refractivity contribution < 1.29 is 9.53 Å². The molecule has 0 atom stereocenters. The van der Waals surface area contributed by atoms with E-state index in [9.17, 15) is 4.79 Å². The van der Waals surface area contributed by atoms with Crippen molar-refractivity contribution in [3.05, 3.63) is 48.3 Å². The Bertz CT molecular complexity index is 1100. The van der Waals surface area contributed by atoms with Crippen molar-refractivity contribution in [2.75, 3.05) is 13.1 Å². The van der Waals surface area contributed by atoms with Gasteiger partial charge in [0.05, 0.1) is 11.2 Å². The highest BCUT2D eigenvalue weighted by atomic mass is 16.6. The quantitative estimate of drug-likeness (QED) is 0.586.